The van der Waals surface area contributed by atoms with Crippen LogP contribution in [0.25, 0.3) is 0 Å². The second-order valence-corrected chi connectivity index (χ2v) is 11.3. The highest BCUT2D eigenvalue weighted by atomic mass is 19.4. The van der Waals surface area contributed by atoms with Crippen LogP contribution in [0.1, 0.15) is 49.9 Å². The number of hydrogen-bond donors (Lipinski definition) is 1. The molecule has 0 radical (unpaired) electrons. The van der Waals surface area contributed by atoms with E-state index in [9.17, 15) is 22.8 Å². The van der Waals surface area contributed by atoms with Gasteiger partial charge in [0.1, 0.15) is 5.60 Å². The second-order valence-electron chi connectivity index (χ2n) is 11.3. The number of carbonyl (C=O) groups is 2. The summed E-state index contributed by atoms with van der Waals surface area (Å²) < 4.78 is 52.3. The van der Waals surface area contributed by atoms with Gasteiger partial charge in [0.2, 0.25) is 5.95 Å². The maximum absolute atomic E-state index is 14.0. The molecular weight excluding hydrogens is 563 g/mol. The number of amides is 1. The minimum Gasteiger partial charge on any atom is -0.469 e. The Balaban J connectivity index is 1.50. The summed E-state index contributed by atoms with van der Waals surface area (Å²) in [6.45, 7) is 7.79. The van der Waals surface area contributed by atoms with Crippen molar-refractivity contribution in [3.63, 3.8) is 0 Å². The molecule has 1 aliphatic rings. The van der Waals surface area contributed by atoms with Crippen molar-refractivity contribution in [2.75, 3.05) is 43.5 Å². The van der Waals surface area contributed by atoms with E-state index in [-0.39, 0.29) is 30.6 Å². The highest BCUT2D eigenvalue weighted by Crippen LogP contribution is 2.37. The number of ether oxygens (including phenoxy) is 2. The number of carbonyl (C=O) groups excluding carboxylic acids is 2. The van der Waals surface area contributed by atoms with Gasteiger partial charge in [-0.3, -0.25) is 4.79 Å². The molecule has 43 heavy (non-hydrogen) atoms. The second kappa shape index (κ2) is 13.3. The monoisotopic (exact) mass is 599 g/mol. The van der Waals surface area contributed by atoms with Gasteiger partial charge in [-0.15, -0.1) is 0 Å². The molecule has 0 bridgehead atoms. The summed E-state index contributed by atoms with van der Waals surface area (Å²) in [6, 6.07) is 16.3. The van der Waals surface area contributed by atoms with Crippen LogP contribution in [0.5, 0.6) is 0 Å². The molecular formula is C31H36F3N5O4. The lowest BCUT2D eigenvalue weighted by atomic mass is 9.90. The summed E-state index contributed by atoms with van der Waals surface area (Å²) in [5.74, 6) is -1.55. The van der Waals surface area contributed by atoms with Gasteiger partial charge in [-0.1, -0.05) is 30.3 Å². The van der Waals surface area contributed by atoms with E-state index in [4.69, 9.17) is 9.47 Å². The quantitative estimate of drug-likeness (QED) is 0.307. The number of nitrogens with one attached hydrogen (secondary N) is 1. The Hall–Kier alpha value is -4.35. The van der Waals surface area contributed by atoms with Crippen molar-refractivity contribution >= 4 is 29.4 Å². The first-order chi connectivity index (χ1) is 20.3. The number of aromatic nitrogens is 2. The normalized spacial score (nSPS) is 14.7. The molecule has 1 atom stereocenters. The molecule has 9 nitrogen and oxygen atoms in total. The number of methoxy groups -OCH3 is 1. The van der Waals surface area contributed by atoms with E-state index in [0.717, 1.165) is 17.4 Å². The lowest BCUT2D eigenvalue weighted by molar-refractivity contribution is -0.143. The van der Waals surface area contributed by atoms with Crippen LogP contribution in [0, 0.1) is 0 Å². The third-order valence-electron chi connectivity index (χ3n) is 6.90. The fourth-order valence-electron chi connectivity index (χ4n) is 4.79. The summed E-state index contributed by atoms with van der Waals surface area (Å²) in [6.07, 6.45) is -4.42. The van der Waals surface area contributed by atoms with Crippen LogP contribution < -0.4 is 10.2 Å². The first-order valence-electron chi connectivity index (χ1n) is 14.0. The number of hydrogen-bond acceptors (Lipinski definition) is 8. The maximum Gasteiger partial charge on any atom is 0.419 e. The fourth-order valence-corrected chi connectivity index (χ4v) is 4.79. The van der Waals surface area contributed by atoms with Crippen LogP contribution in [-0.4, -0.2) is 65.8 Å². The molecule has 12 heteroatoms. The molecule has 1 aromatic heterocycles. The zero-order valence-electron chi connectivity index (χ0n) is 24.6. The van der Waals surface area contributed by atoms with Gasteiger partial charge in [0, 0.05) is 49.7 Å². The van der Waals surface area contributed by atoms with Gasteiger partial charge in [-0.25, -0.2) is 14.8 Å². The topological polar surface area (TPSA) is 96.9 Å². The van der Waals surface area contributed by atoms with Crippen LogP contribution in [-0.2, 0) is 26.9 Å². The Morgan fingerprint density at radius 1 is 0.977 bits per heavy atom. The molecule has 1 saturated heterocycles. The van der Waals surface area contributed by atoms with Crippen molar-refractivity contribution in [2.45, 2.75) is 51.3 Å². The predicted molar refractivity (Wildman–Crippen MR) is 156 cm³/mol. The lowest BCUT2D eigenvalue weighted by Crippen LogP contribution is -2.50. The van der Waals surface area contributed by atoms with Gasteiger partial charge in [-0.05, 0) is 57.0 Å². The first-order valence-corrected chi connectivity index (χ1v) is 14.0. The third kappa shape index (κ3) is 8.82. The summed E-state index contributed by atoms with van der Waals surface area (Å²) in [7, 11) is 1.20. The summed E-state index contributed by atoms with van der Waals surface area (Å²) >= 11 is 0. The molecule has 3 aromatic rings. The molecule has 1 aliphatic heterocycles. The van der Waals surface area contributed by atoms with E-state index in [2.05, 4.69) is 20.2 Å². The third-order valence-corrected chi connectivity index (χ3v) is 6.90. The van der Waals surface area contributed by atoms with E-state index in [1.165, 1.54) is 7.11 Å². The Labute approximate surface area is 249 Å². The fraction of sp³-hybridized carbons (Fsp3) is 0.419. The summed E-state index contributed by atoms with van der Waals surface area (Å²) in [4.78, 5) is 36.6. The van der Waals surface area contributed by atoms with Crippen LogP contribution >= 0.6 is 0 Å². The molecule has 4 rings (SSSR count). The Morgan fingerprint density at radius 3 is 2.21 bits per heavy atom. The number of halogens is 3. The molecule has 1 unspecified atom stereocenters. The SMILES string of the molecule is COC(=O)CC(Cc1ccccc1)c1nc(Nc2ccc(N3CCN(C(=O)OC(C)(C)C)CC3)cc2)ncc1C(F)(F)F. The van der Waals surface area contributed by atoms with E-state index in [1.54, 1.807) is 41.3 Å². The number of esters is 1. The van der Waals surface area contributed by atoms with Crippen LogP contribution in [0.2, 0.25) is 0 Å². The Kier molecular flexibility index (Phi) is 9.77. The highest BCUT2D eigenvalue weighted by molar-refractivity contribution is 5.70. The van der Waals surface area contributed by atoms with Crippen molar-refractivity contribution in [1.82, 2.24) is 14.9 Å². The van der Waals surface area contributed by atoms with E-state index in [0.29, 0.717) is 31.9 Å². The maximum atomic E-state index is 14.0. The van der Waals surface area contributed by atoms with Crippen molar-refractivity contribution < 1.29 is 32.2 Å². The summed E-state index contributed by atoms with van der Waals surface area (Å²) in [5, 5.41) is 2.99. The molecule has 0 aliphatic carbocycles. The summed E-state index contributed by atoms with van der Waals surface area (Å²) in [5.41, 5.74) is 0.445. The average Bonchev–Trinajstić information content (AvgIpc) is 2.96. The Bertz CT molecular complexity index is 1390. The van der Waals surface area contributed by atoms with Crippen LogP contribution in [0.4, 0.5) is 35.3 Å². The van der Waals surface area contributed by atoms with Gasteiger partial charge >= 0.3 is 18.2 Å². The minimum absolute atomic E-state index is 0.0235. The molecule has 0 saturated carbocycles. The van der Waals surface area contributed by atoms with Crippen LogP contribution in [0.3, 0.4) is 0 Å². The smallest absolute Gasteiger partial charge is 0.419 e. The predicted octanol–water partition coefficient (Wildman–Crippen LogP) is 6.19. The van der Waals surface area contributed by atoms with E-state index < -0.39 is 29.2 Å². The van der Waals surface area contributed by atoms with Gasteiger partial charge in [0.15, 0.2) is 0 Å². The number of rotatable bonds is 8. The minimum atomic E-state index is -4.71. The molecule has 1 fully saturated rings. The molecule has 2 aromatic carbocycles. The van der Waals surface area contributed by atoms with Gasteiger partial charge in [-0.2, -0.15) is 13.2 Å². The van der Waals surface area contributed by atoms with Gasteiger partial charge in [0.25, 0.3) is 0 Å². The van der Waals surface area contributed by atoms with Gasteiger partial charge < -0.3 is 24.6 Å². The molecule has 1 amide bonds. The van der Waals surface area contributed by atoms with Crippen molar-refractivity contribution in [3.05, 3.63) is 77.6 Å². The van der Waals surface area contributed by atoms with E-state index >= 15 is 0 Å². The van der Waals surface area contributed by atoms with E-state index in [1.807, 2.05) is 39.0 Å². The number of piperazine rings is 1. The largest absolute Gasteiger partial charge is 0.469 e. The lowest BCUT2D eigenvalue weighted by Gasteiger charge is -2.36. The zero-order valence-corrected chi connectivity index (χ0v) is 24.6. The standard InChI is InChI=1S/C31H36F3N5O4/c1-30(2,3)43-29(41)39-16-14-38(15-17-39)24-12-10-23(11-13-24)36-28-35-20-25(31(32,33)34)27(37-28)22(19-26(40)42-4)18-21-8-6-5-7-9-21/h5-13,20,22H,14-19H2,1-4H3,(H,35,36,37). The number of anilines is 3. The molecule has 0 spiro atoms. The number of nitrogens with zero attached hydrogens (tertiary/aromatic N) is 4. The molecule has 230 valence electrons. The molecule has 1 N–H and O–H groups in total. The Morgan fingerprint density at radius 2 is 1.63 bits per heavy atom. The number of benzene rings is 2. The van der Waals surface area contributed by atoms with Crippen LogP contribution in [0.15, 0.2) is 60.8 Å². The van der Waals surface area contributed by atoms with Crippen molar-refractivity contribution in [2.24, 2.45) is 0 Å². The van der Waals surface area contributed by atoms with Gasteiger partial charge in [0.05, 0.1) is 24.8 Å². The first kappa shape index (κ1) is 31.6. The van der Waals surface area contributed by atoms with Crippen molar-refractivity contribution in [3.8, 4) is 0 Å². The number of alkyl halides is 3. The highest BCUT2D eigenvalue weighted by Gasteiger charge is 2.38. The average molecular weight is 600 g/mol. The zero-order chi connectivity index (χ0) is 31.2. The van der Waals surface area contributed by atoms with Crippen molar-refractivity contribution in [1.29, 1.82) is 0 Å². The molecule has 2 heterocycles.